The van der Waals surface area contributed by atoms with Crippen LogP contribution >= 0.6 is 0 Å². The lowest BCUT2D eigenvalue weighted by atomic mass is 10.1. The van der Waals surface area contributed by atoms with Crippen molar-refractivity contribution in [2.45, 2.75) is 45.5 Å². The van der Waals surface area contributed by atoms with Crippen LogP contribution in [0, 0.1) is 6.92 Å². The highest BCUT2D eigenvalue weighted by atomic mass is 16.3. The Morgan fingerprint density at radius 3 is 2.76 bits per heavy atom. The van der Waals surface area contributed by atoms with Gasteiger partial charge in [-0.3, -0.25) is 9.80 Å². The minimum Gasteiger partial charge on any atom is -0.387 e. The fraction of sp³-hybridized carbons (Fsp3) is 0.579. The van der Waals surface area contributed by atoms with Crippen LogP contribution in [-0.2, 0) is 13.1 Å². The molecule has 6 nitrogen and oxygen atoms in total. The molecule has 25 heavy (non-hydrogen) atoms. The first-order chi connectivity index (χ1) is 12.1. The Morgan fingerprint density at radius 1 is 1.28 bits per heavy atom. The van der Waals surface area contributed by atoms with Crippen molar-refractivity contribution in [2.75, 3.05) is 26.7 Å². The number of aromatic nitrogens is 3. The lowest BCUT2D eigenvalue weighted by Gasteiger charge is -2.25. The van der Waals surface area contributed by atoms with E-state index in [2.05, 4.69) is 38.5 Å². The largest absolute Gasteiger partial charge is 0.387 e. The number of benzene rings is 1. The second-order valence-corrected chi connectivity index (χ2v) is 6.95. The number of aryl methyl sites for hydroxylation is 1. The Labute approximate surface area is 150 Å². The first kappa shape index (κ1) is 18.0. The maximum absolute atomic E-state index is 10.4. The Kier molecular flexibility index (Phi) is 5.83. The molecule has 1 saturated heterocycles. The van der Waals surface area contributed by atoms with Crippen LogP contribution in [0.1, 0.15) is 36.7 Å². The van der Waals surface area contributed by atoms with Crippen molar-refractivity contribution in [1.29, 1.82) is 0 Å². The highest BCUT2D eigenvalue weighted by Gasteiger charge is 2.28. The zero-order valence-electron chi connectivity index (χ0n) is 15.5. The molecule has 6 heteroatoms. The molecule has 1 fully saturated rings. The standard InChI is InChI=1S/C19H29N5O/c1-4-24-15(2)20-21-19(24)14-22(3)17-10-11-23(12-17)13-18(25)16-8-6-5-7-9-16/h5-9,17-18,25H,4,10-14H2,1-3H3/t17-,18-/m1/s1. The third-order valence-corrected chi connectivity index (χ3v) is 5.21. The summed E-state index contributed by atoms with van der Waals surface area (Å²) in [4.78, 5) is 4.72. The second kappa shape index (κ2) is 8.08. The molecular weight excluding hydrogens is 314 g/mol. The minimum atomic E-state index is -0.420. The minimum absolute atomic E-state index is 0.420. The third kappa shape index (κ3) is 4.26. The molecule has 0 amide bonds. The van der Waals surface area contributed by atoms with E-state index < -0.39 is 6.10 Å². The molecule has 0 saturated carbocycles. The van der Waals surface area contributed by atoms with Gasteiger partial charge in [0.25, 0.3) is 0 Å². The fourth-order valence-electron chi connectivity index (χ4n) is 3.67. The Balaban J connectivity index is 1.53. The average Bonchev–Trinajstić information content (AvgIpc) is 3.22. The predicted octanol–water partition coefficient (Wildman–Crippen LogP) is 1.85. The second-order valence-electron chi connectivity index (χ2n) is 6.95. The molecule has 2 atom stereocenters. The summed E-state index contributed by atoms with van der Waals surface area (Å²) in [5.74, 6) is 2.01. The van der Waals surface area contributed by atoms with Crippen LogP contribution in [0.15, 0.2) is 30.3 Å². The number of aliphatic hydroxyl groups excluding tert-OH is 1. The van der Waals surface area contributed by atoms with Gasteiger partial charge in [-0.05, 0) is 39.4 Å². The number of aliphatic hydroxyl groups is 1. The van der Waals surface area contributed by atoms with E-state index in [1.54, 1.807) is 0 Å². The molecule has 0 unspecified atom stereocenters. The first-order valence-electron chi connectivity index (χ1n) is 9.12. The van der Waals surface area contributed by atoms with Gasteiger partial charge in [0.05, 0.1) is 12.6 Å². The van der Waals surface area contributed by atoms with Gasteiger partial charge in [-0.2, -0.15) is 0 Å². The SMILES string of the molecule is CCn1c(C)nnc1CN(C)[C@@H]1CCN(C[C@@H](O)c2ccccc2)C1. The smallest absolute Gasteiger partial charge is 0.147 e. The maximum Gasteiger partial charge on any atom is 0.147 e. The van der Waals surface area contributed by atoms with Crippen molar-refractivity contribution in [3.05, 3.63) is 47.5 Å². The molecule has 1 aliphatic rings. The number of nitrogens with zero attached hydrogens (tertiary/aromatic N) is 5. The molecule has 0 radical (unpaired) electrons. The summed E-state index contributed by atoms with van der Waals surface area (Å²) in [6.07, 6.45) is 0.702. The number of β-amino-alcohol motifs (C(OH)–C–C–N with tert-alkyl or cyclic N) is 1. The molecule has 1 N–H and O–H groups in total. The molecule has 0 bridgehead atoms. The number of hydrogen-bond acceptors (Lipinski definition) is 5. The molecule has 0 aliphatic carbocycles. The van der Waals surface area contributed by atoms with Crippen LogP contribution in [0.2, 0.25) is 0 Å². The maximum atomic E-state index is 10.4. The Bertz CT molecular complexity index is 672. The van der Waals surface area contributed by atoms with Gasteiger partial charge in [0.1, 0.15) is 11.6 Å². The van der Waals surface area contributed by atoms with Gasteiger partial charge in [0.2, 0.25) is 0 Å². The van der Waals surface area contributed by atoms with E-state index in [1.807, 2.05) is 37.3 Å². The van der Waals surface area contributed by atoms with E-state index in [0.29, 0.717) is 12.6 Å². The zero-order valence-corrected chi connectivity index (χ0v) is 15.5. The van der Waals surface area contributed by atoms with Gasteiger partial charge in [0.15, 0.2) is 0 Å². The molecule has 2 aromatic rings. The van der Waals surface area contributed by atoms with E-state index in [-0.39, 0.29) is 0 Å². The molecular formula is C19H29N5O. The summed E-state index contributed by atoms with van der Waals surface area (Å²) in [7, 11) is 2.16. The molecule has 1 aliphatic heterocycles. The monoisotopic (exact) mass is 343 g/mol. The summed E-state index contributed by atoms with van der Waals surface area (Å²) < 4.78 is 2.17. The first-order valence-corrected chi connectivity index (χ1v) is 9.12. The van der Waals surface area contributed by atoms with Crippen molar-refractivity contribution in [3.8, 4) is 0 Å². The number of rotatable bonds is 7. The quantitative estimate of drug-likeness (QED) is 0.831. The van der Waals surface area contributed by atoms with Crippen LogP contribution < -0.4 is 0 Å². The topological polar surface area (TPSA) is 57.4 Å². The molecule has 1 aromatic carbocycles. The van der Waals surface area contributed by atoms with Crippen LogP contribution in [0.25, 0.3) is 0 Å². The van der Waals surface area contributed by atoms with E-state index in [4.69, 9.17) is 0 Å². The van der Waals surface area contributed by atoms with Gasteiger partial charge < -0.3 is 9.67 Å². The normalized spacial score (nSPS) is 19.6. The summed E-state index contributed by atoms with van der Waals surface area (Å²) >= 11 is 0. The van der Waals surface area contributed by atoms with Crippen molar-refractivity contribution < 1.29 is 5.11 Å². The molecule has 136 valence electrons. The van der Waals surface area contributed by atoms with Crippen molar-refractivity contribution >= 4 is 0 Å². The van der Waals surface area contributed by atoms with E-state index in [1.165, 1.54) is 0 Å². The molecule has 0 spiro atoms. The van der Waals surface area contributed by atoms with E-state index in [9.17, 15) is 5.11 Å². The summed E-state index contributed by atoms with van der Waals surface area (Å²) in [5.41, 5.74) is 0.992. The number of likely N-dealkylation sites (tertiary alicyclic amines) is 1. The third-order valence-electron chi connectivity index (χ3n) is 5.21. The summed E-state index contributed by atoms with van der Waals surface area (Å²) in [6, 6.07) is 10.4. The number of likely N-dealkylation sites (N-methyl/N-ethyl adjacent to an activating group) is 1. The predicted molar refractivity (Wildman–Crippen MR) is 98.1 cm³/mol. The van der Waals surface area contributed by atoms with Gasteiger partial charge in [0, 0.05) is 25.7 Å². The zero-order chi connectivity index (χ0) is 17.8. The average molecular weight is 343 g/mol. The number of hydrogen-bond donors (Lipinski definition) is 1. The van der Waals surface area contributed by atoms with E-state index in [0.717, 1.165) is 49.8 Å². The fourth-order valence-corrected chi connectivity index (χ4v) is 3.67. The lowest BCUT2D eigenvalue weighted by Crippen LogP contribution is -2.36. The van der Waals surface area contributed by atoms with Gasteiger partial charge in [-0.25, -0.2) is 0 Å². The van der Waals surface area contributed by atoms with Crippen LogP contribution in [0.4, 0.5) is 0 Å². The summed E-state index contributed by atoms with van der Waals surface area (Å²) in [5, 5.41) is 19.0. The summed E-state index contributed by atoms with van der Waals surface area (Å²) in [6.45, 7) is 8.55. The van der Waals surface area contributed by atoms with Crippen molar-refractivity contribution in [3.63, 3.8) is 0 Å². The van der Waals surface area contributed by atoms with Crippen LogP contribution in [-0.4, -0.2) is 62.4 Å². The highest BCUT2D eigenvalue weighted by Crippen LogP contribution is 2.20. The van der Waals surface area contributed by atoms with Gasteiger partial charge >= 0.3 is 0 Å². The van der Waals surface area contributed by atoms with Crippen LogP contribution in [0.3, 0.4) is 0 Å². The molecule has 2 heterocycles. The van der Waals surface area contributed by atoms with Gasteiger partial charge in [-0.1, -0.05) is 30.3 Å². The Hall–Kier alpha value is -1.76. The van der Waals surface area contributed by atoms with Gasteiger partial charge in [-0.15, -0.1) is 10.2 Å². The highest BCUT2D eigenvalue weighted by molar-refractivity contribution is 5.17. The van der Waals surface area contributed by atoms with Crippen molar-refractivity contribution in [1.82, 2.24) is 24.6 Å². The lowest BCUT2D eigenvalue weighted by molar-refractivity contribution is 0.120. The van der Waals surface area contributed by atoms with Crippen molar-refractivity contribution in [2.24, 2.45) is 0 Å². The van der Waals surface area contributed by atoms with Crippen LogP contribution in [0.5, 0.6) is 0 Å². The molecule has 1 aromatic heterocycles. The Morgan fingerprint density at radius 2 is 2.04 bits per heavy atom. The molecule has 3 rings (SSSR count). The van der Waals surface area contributed by atoms with E-state index >= 15 is 0 Å².